The highest BCUT2D eigenvalue weighted by atomic mass is 35.5. The Morgan fingerprint density at radius 2 is 1.75 bits per heavy atom. The Hall–Kier alpha value is -2.98. The van der Waals surface area contributed by atoms with Crippen molar-refractivity contribution in [2.24, 2.45) is 0 Å². The number of anilines is 1. The van der Waals surface area contributed by atoms with Crippen molar-refractivity contribution in [1.82, 2.24) is 0 Å². The molecule has 5 heteroatoms. The molecule has 0 bridgehead atoms. The summed E-state index contributed by atoms with van der Waals surface area (Å²) >= 11 is 6.00. The first kappa shape index (κ1) is 22.2. The molecular weight excluding hydrogens is 422 g/mol. The van der Waals surface area contributed by atoms with Crippen LogP contribution in [-0.4, -0.2) is 23.7 Å². The number of benzene rings is 3. The molecule has 0 spiro atoms. The summed E-state index contributed by atoms with van der Waals surface area (Å²) in [5.41, 5.74) is 4.49. The van der Waals surface area contributed by atoms with Crippen LogP contribution >= 0.6 is 11.6 Å². The van der Waals surface area contributed by atoms with Gasteiger partial charge in [-0.1, -0.05) is 54.1 Å². The number of hydrogen-bond acceptors (Lipinski definition) is 3. The van der Waals surface area contributed by atoms with Gasteiger partial charge in [0.15, 0.2) is 0 Å². The number of rotatable bonds is 10. The number of carboxylic acid groups (broad SMARTS) is 1. The first-order valence-electron chi connectivity index (χ1n) is 11.1. The van der Waals surface area contributed by atoms with Gasteiger partial charge in [-0.3, -0.25) is 4.79 Å². The molecule has 0 saturated heterocycles. The van der Waals surface area contributed by atoms with Gasteiger partial charge in [-0.05, 0) is 72.7 Å². The highest BCUT2D eigenvalue weighted by Gasteiger charge is 2.34. The van der Waals surface area contributed by atoms with E-state index in [1.165, 1.54) is 5.56 Å². The molecule has 0 fully saturated rings. The Kier molecular flexibility index (Phi) is 7.33. The van der Waals surface area contributed by atoms with Crippen molar-refractivity contribution in [2.45, 2.75) is 44.1 Å². The number of halogens is 1. The maximum Gasteiger partial charge on any atom is 0.304 e. The molecule has 2 N–H and O–H groups in total. The lowest BCUT2D eigenvalue weighted by Gasteiger charge is -2.19. The monoisotopic (exact) mass is 449 g/mol. The second-order valence-corrected chi connectivity index (χ2v) is 8.76. The first-order valence-corrected chi connectivity index (χ1v) is 11.5. The minimum absolute atomic E-state index is 0.0170. The lowest BCUT2D eigenvalue weighted by atomic mass is 9.88. The maximum absolute atomic E-state index is 11.6. The molecule has 4 nitrogen and oxygen atoms in total. The summed E-state index contributed by atoms with van der Waals surface area (Å²) in [5.74, 6) is -0.106. The van der Waals surface area contributed by atoms with Gasteiger partial charge in [-0.15, -0.1) is 0 Å². The molecule has 4 rings (SSSR count). The molecule has 0 aliphatic carbocycles. The van der Waals surface area contributed by atoms with Crippen LogP contribution < -0.4 is 10.1 Å². The Morgan fingerprint density at radius 1 is 0.969 bits per heavy atom. The van der Waals surface area contributed by atoms with Crippen LogP contribution in [0.5, 0.6) is 5.75 Å². The third-order valence-electron chi connectivity index (χ3n) is 5.98. The number of fused-ring (bicyclic) bond motifs is 1. The van der Waals surface area contributed by atoms with Crippen molar-refractivity contribution in [3.8, 4) is 5.75 Å². The summed E-state index contributed by atoms with van der Waals surface area (Å²) in [6.45, 7) is 0.650. The van der Waals surface area contributed by atoms with Gasteiger partial charge in [0.1, 0.15) is 5.75 Å². The van der Waals surface area contributed by atoms with Crippen LogP contribution in [0, 0.1) is 0 Å². The molecule has 2 atom stereocenters. The highest BCUT2D eigenvalue weighted by molar-refractivity contribution is 6.30. The normalized spacial score (nSPS) is 16.9. The largest absolute Gasteiger partial charge is 0.494 e. The van der Waals surface area contributed by atoms with E-state index in [0.717, 1.165) is 48.2 Å². The molecule has 3 aromatic rings. The number of aryl methyl sites for hydroxylation is 1. The third kappa shape index (κ3) is 5.83. The van der Waals surface area contributed by atoms with Gasteiger partial charge in [0.25, 0.3) is 0 Å². The Balaban J connectivity index is 1.37. The lowest BCUT2D eigenvalue weighted by Crippen LogP contribution is -2.25. The quantitative estimate of drug-likeness (QED) is 0.355. The van der Waals surface area contributed by atoms with Crippen LogP contribution in [0.4, 0.5) is 5.69 Å². The van der Waals surface area contributed by atoms with Crippen molar-refractivity contribution in [2.75, 3.05) is 11.9 Å². The van der Waals surface area contributed by atoms with Crippen LogP contribution in [0.25, 0.3) is 0 Å². The van der Waals surface area contributed by atoms with E-state index in [1.807, 2.05) is 48.5 Å². The van der Waals surface area contributed by atoms with E-state index in [9.17, 15) is 9.90 Å². The second kappa shape index (κ2) is 10.6. The Labute approximate surface area is 194 Å². The average molecular weight is 450 g/mol. The van der Waals surface area contributed by atoms with Gasteiger partial charge >= 0.3 is 5.97 Å². The SMILES string of the molecule is O=C(O)CC1c2cc(OCCCCc3ccccc3)ccc2NC1Cc1ccc(Cl)cc1. The molecule has 0 radical (unpaired) electrons. The van der Waals surface area contributed by atoms with E-state index >= 15 is 0 Å². The van der Waals surface area contributed by atoms with Gasteiger partial charge in [-0.25, -0.2) is 0 Å². The number of carboxylic acids is 1. The Morgan fingerprint density at radius 3 is 2.50 bits per heavy atom. The number of unbranched alkanes of at least 4 members (excludes halogenated alkanes) is 1. The number of carbonyl (C=O) groups is 1. The van der Waals surface area contributed by atoms with Gasteiger partial charge < -0.3 is 15.2 Å². The molecule has 3 aromatic carbocycles. The van der Waals surface area contributed by atoms with Crippen molar-refractivity contribution in [3.63, 3.8) is 0 Å². The standard InChI is InChI=1S/C27H28ClNO3/c28-21-11-9-20(10-12-21)16-26-24(18-27(30)31)23-17-22(13-14-25(23)29-26)32-15-5-4-8-19-6-2-1-3-7-19/h1-3,6-7,9-14,17,24,26,29H,4-5,8,15-16,18H2,(H,30,31). The molecule has 0 aromatic heterocycles. The van der Waals surface area contributed by atoms with Crippen molar-refractivity contribution in [3.05, 3.63) is 94.5 Å². The summed E-state index contributed by atoms with van der Waals surface area (Å²) in [7, 11) is 0. The predicted molar refractivity (Wildman–Crippen MR) is 129 cm³/mol. The topological polar surface area (TPSA) is 58.6 Å². The summed E-state index contributed by atoms with van der Waals surface area (Å²) in [4.78, 5) is 11.6. The summed E-state index contributed by atoms with van der Waals surface area (Å²) in [6, 6.07) is 24.2. The minimum Gasteiger partial charge on any atom is -0.494 e. The second-order valence-electron chi connectivity index (χ2n) is 8.33. The number of hydrogen-bond donors (Lipinski definition) is 2. The number of nitrogens with one attached hydrogen (secondary N) is 1. The van der Waals surface area contributed by atoms with E-state index < -0.39 is 5.97 Å². The van der Waals surface area contributed by atoms with Crippen LogP contribution in [-0.2, 0) is 17.6 Å². The van der Waals surface area contributed by atoms with E-state index in [1.54, 1.807) is 0 Å². The first-order chi connectivity index (χ1) is 15.6. The average Bonchev–Trinajstić information content (AvgIpc) is 3.11. The zero-order valence-electron chi connectivity index (χ0n) is 18.0. The van der Waals surface area contributed by atoms with Crippen LogP contribution in [0.2, 0.25) is 5.02 Å². The highest BCUT2D eigenvalue weighted by Crippen LogP contribution is 2.41. The smallest absolute Gasteiger partial charge is 0.304 e. The maximum atomic E-state index is 11.6. The molecule has 0 saturated carbocycles. The van der Waals surface area contributed by atoms with Crippen LogP contribution in [0.3, 0.4) is 0 Å². The Bertz CT molecular complexity index is 1040. The molecule has 32 heavy (non-hydrogen) atoms. The molecule has 1 aliphatic rings. The minimum atomic E-state index is -0.794. The van der Waals surface area contributed by atoms with Crippen molar-refractivity contribution in [1.29, 1.82) is 0 Å². The summed E-state index contributed by atoms with van der Waals surface area (Å²) < 4.78 is 6.00. The van der Waals surface area contributed by atoms with E-state index in [-0.39, 0.29) is 18.4 Å². The fourth-order valence-corrected chi connectivity index (χ4v) is 4.49. The van der Waals surface area contributed by atoms with E-state index in [2.05, 4.69) is 29.6 Å². The van der Waals surface area contributed by atoms with Crippen LogP contribution in [0.15, 0.2) is 72.8 Å². The molecule has 166 valence electrons. The van der Waals surface area contributed by atoms with Crippen molar-refractivity contribution < 1.29 is 14.6 Å². The predicted octanol–water partition coefficient (Wildman–Crippen LogP) is 6.34. The fraction of sp³-hybridized carbons (Fsp3) is 0.296. The van der Waals surface area contributed by atoms with E-state index in [4.69, 9.17) is 16.3 Å². The molecule has 0 amide bonds. The lowest BCUT2D eigenvalue weighted by molar-refractivity contribution is -0.137. The zero-order chi connectivity index (χ0) is 22.3. The van der Waals surface area contributed by atoms with E-state index in [0.29, 0.717) is 11.6 Å². The molecule has 1 heterocycles. The van der Waals surface area contributed by atoms with Gasteiger partial charge in [0.2, 0.25) is 0 Å². The number of aliphatic carboxylic acids is 1. The van der Waals surface area contributed by atoms with Gasteiger partial charge in [-0.2, -0.15) is 0 Å². The fourth-order valence-electron chi connectivity index (χ4n) is 4.36. The van der Waals surface area contributed by atoms with Crippen LogP contribution in [0.1, 0.15) is 41.9 Å². The van der Waals surface area contributed by atoms with Gasteiger partial charge in [0.05, 0.1) is 13.0 Å². The zero-order valence-corrected chi connectivity index (χ0v) is 18.7. The molecule has 1 aliphatic heterocycles. The molecule has 2 unspecified atom stereocenters. The third-order valence-corrected chi connectivity index (χ3v) is 6.24. The summed E-state index contributed by atoms with van der Waals surface area (Å²) in [5, 5.41) is 13.7. The van der Waals surface area contributed by atoms with Gasteiger partial charge in [0, 0.05) is 22.7 Å². The molecular formula is C27H28ClNO3. The summed E-state index contributed by atoms with van der Waals surface area (Å²) in [6.07, 6.45) is 3.91. The number of ether oxygens (including phenoxy) is 1. The van der Waals surface area contributed by atoms with Crippen molar-refractivity contribution >= 4 is 23.3 Å².